The Balaban J connectivity index is 1.25. The summed E-state index contributed by atoms with van der Waals surface area (Å²) >= 11 is 3.13. The topological polar surface area (TPSA) is 62.7 Å². The van der Waals surface area contributed by atoms with Gasteiger partial charge < -0.3 is 18.9 Å². The summed E-state index contributed by atoms with van der Waals surface area (Å²) in [6, 6.07) is 13.6. The zero-order valence-corrected chi connectivity index (χ0v) is 18.6. The van der Waals surface area contributed by atoms with Gasteiger partial charge in [-0.15, -0.1) is 22.7 Å². The van der Waals surface area contributed by atoms with Crippen LogP contribution < -0.4 is 14.2 Å². The van der Waals surface area contributed by atoms with Crippen LogP contribution in [0.5, 0.6) is 17.2 Å². The quantitative estimate of drug-likeness (QED) is 0.293. The van der Waals surface area contributed by atoms with Gasteiger partial charge in [0.05, 0.1) is 24.6 Å². The van der Waals surface area contributed by atoms with E-state index >= 15 is 0 Å². The van der Waals surface area contributed by atoms with Gasteiger partial charge in [-0.1, -0.05) is 0 Å². The van der Waals surface area contributed by atoms with Crippen LogP contribution in [0.25, 0.3) is 32.5 Å². The number of alkyl halides is 1. The highest BCUT2D eigenvalue weighted by Crippen LogP contribution is 2.38. The number of rotatable bonds is 9. The Bertz CT molecular complexity index is 1190. The molecule has 0 N–H and O–H groups in total. The molecule has 5 rings (SSSR count). The number of aromatic nitrogens is 2. The Labute approximate surface area is 192 Å². The van der Waals surface area contributed by atoms with Crippen molar-refractivity contribution in [2.24, 2.45) is 0 Å². The molecule has 6 nitrogen and oxygen atoms in total. The molecule has 32 heavy (non-hydrogen) atoms. The minimum Gasteiger partial charge on any atom is -0.491 e. The maximum atomic E-state index is 12.0. The van der Waals surface area contributed by atoms with Crippen LogP contribution in [-0.4, -0.2) is 43.3 Å². The molecule has 3 heterocycles. The summed E-state index contributed by atoms with van der Waals surface area (Å²) in [6.45, 7) is 0.626. The summed E-state index contributed by atoms with van der Waals surface area (Å²) in [6.07, 6.45) is 0. The molecule has 0 radical (unpaired) electrons. The molecule has 0 saturated heterocycles. The van der Waals surface area contributed by atoms with Crippen LogP contribution in [-0.2, 0) is 4.74 Å². The second-order valence-corrected chi connectivity index (χ2v) is 8.53. The highest BCUT2D eigenvalue weighted by atomic mass is 32.1. The zero-order chi connectivity index (χ0) is 21.8. The second-order valence-electron chi connectivity index (χ2n) is 6.82. The SMILES string of the molecule is FCCOCCOc1ccc(-c2csc(-c3nc(-c4ccc5c(c4)OCO5)cs3)n2)cc1. The molecular formula is C23H19FN2O4S2. The first kappa shape index (κ1) is 20.9. The van der Waals surface area contributed by atoms with E-state index in [0.717, 1.165) is 49.8 Å². The van der Waals surface area contributed by atoms with Gasteiger partial charge in [-0.3, -0.25) is 0 Å². The van der Waals surface area contributed by atoms with Crippen LogP contribution in [0.2, 0.25) is 0 Å². The van der Waals surface area contributed by atoms with E-state index in [9.17, 15) is 4.39 Å². The highest BCUT2D eigenvalue weighted by Gasteiger charge is 2.16. The largest absolute Gasteiger partial charge is 0.491 e. The molecular weight excluding hydrogens is 451 g/mol. The number of nitrogens with zero attached hydrogens (tertiary/aromatic N) is 2. The number of hydrogen-bond acceptors (Lipinski definition) is 8. The third kappa shape index (κ3) is 4.59. The fourth-order valence-corrected chi connectivity index (χ4v) is 4.87. The van der Waals surface area contributed by atoms with Crippen LogP contribution in [0.3, 0.4) is 0 Å². The minimum absolute atomic E-state index is 0.103. The predicted octanol–water partition coefficient (Wildman–Crippen LogP) is 5.69. The summed E-state index contributed by atoms with van der Waals surface area (Å²) in [4.78, 5) is 9.53. The van der Waals surface area contributed by atoms with Crippen LogP contribution in [0.4, 0.5) is 4.39 Å². The first-order valence-electron chi connectivity index (χ1n) is 9.98. The van der Waals surface area contributed by atoms with Crippen molar-refractivity contribution in [3.8, 4) is 49.8 Å². The molecule has 164 valence electrons. The van der Waals surface area contributed by atoms with Crippen molar-refractivity contribution < 1.29 is 23.3 Å². The van der Waals surface area contributed by atoms with E-state index in [4.69, 9.17) is 28.9 Å². The molecule has 0 amide bonds. The average Bonchev–Trinajstić information content (AvgIpc) is 3.59. The maximum absolute atomic E-state index is 12.0. The molecule has 0 bridgehead atoms. The smallest absolute Gasteiger partial charge is 0.231 e. The van der Waals surface area contributed by atoms with E-state index in [1.54, 1.807) is 22.7 Å². The number of fused-ring (bicyclic) bond motifs is 1. The predicted molar refractivity (Wildman–Crippen MR) is 123 cm³/mol. The van der Waals surface area contributed by atoms with Crippen LogP contribution in [0, 0.1) is 0 Å². The van der Waals surface area contributed by atoms with Crippen LogP contribution in [0.1, 0.15) is 0 Å². The van der Waals surface area contributed by atoms with Gasteiger partial charge in [-0.2, -0.15) is 0 Å². The monoisotopic (exact) mass is 470 g/mol. The summed E-state index contributed by atoms with van der Waals surface area (Å²) in [5, 5.41) is 5.80. The molecule has 4 aromatic rings. The van der Waals surface area contributed by atoms with E-state index in [1.807, 2.05) is 53.2 Å². The minimum atomic E-state index is -0.481. The number of benzene rings is 2. The average molecular weight is 471 g/mol. The van der Waals surface area contributed by atoms with E-state index in [0.29, 0.717) is 13.2 Å². The van der Waals surface area contributed by atoms with Gasteiger partial charge in [0.2, 0.25) is 6.79 Å². The molecule has 0 saturated carbocycles. The molecule has 0 unspecified atom stereocenters. The summed E-state index contributed by atoms with van der Waals surface area (Å²) in [5.41, 5.74) is 3.76. The summed E-state index contributed by atoms with van der Waals surface area (Å²) < 4.78 is 33.5. The molecule has 0 spiro atoms. The van der Waals surface area contributed by atoms with Gasteiger partial charge in [0.15, 0.2) is 21.5 Å². The number of hydrogen-bond donors (Lipinski definition) is 0. The molecule has 0 fully saturated rings. The van der Waals surface area contributed by atoms with Crippen molar-refractivity contribution in [2.45, 2.75) is 0 Å². The lowest BCUT2D eigenvalue weighted by Crippen LogP contribution is -2.08. The van der Waals surface area contributed by atoms with E-state index < -0.39 is 6.67 Å². The third-order valence-electron chi connectivity index (χ3n) is 4.73. The lowest BCUT2D eigenvalue weighted by Gasteiger charge is -2.06. The normalized spacial score (nSPS) is 12.3. The van der Waals surface area contributed by atoms with E-state index in [-0.39, 0.29) is 13.4 Å². The lowest BCUT2D eigenvalue weighted by molar-refractivity contribution is 0.0897. The van der Waals surface area contributed by atoms with Crippen molar-refractivity contribution in [3.05, 3.63) is 53.2 Å². The van der Waals surface area contributed by atoms with Crippen molar-refractivity contribution in [2.75, 3.05) is 33.3 Å². The lowest BCUT2D eigenvalue weighted by atomic mass is 10.1. The van der Waals surface area contributed by atoms with Gasteiger partial charge >= 0.3 is 0 Å². The molecule has 1 aliphatic rings. The highest BCUT2D eigenvalue weighted by molar-refractivity contribution is 7.20. The Morgan fingerprint density at radius 2 is 1.50 bits per heavy atom. The number of halogens is 1. The molecule has 2 aromatic heterocycles. The Kier molecular flexibility index (Phi) is 6.29. The van der Waals surface area contributed by atoms with Crippen molar-refractivity contribution in [1.29, 1.82) is 0 Å². The Hall–Kier alpha value is -3.01. The van der Waals surface area contributed by atoms with Crippen molar-refractivity contribution >= 4 is 22.7 Å². The summed E-state index contributed by atoms with van der Waals surface area (Å²) in [7, 11) is 0. The maximum Gasteiger partial charge on any atom is 0.231 e. The van der Waals surface area contributed by atoms with Gasteiger partial charge in [-0.05, 0) is 42.5 Å². The molecule has 9 heteroatoms. The molecule has 1 aliphatic heterocycles. The number of thiazole rings is 2. The Morgan fingerprint density at radius 1 is 0.812 bits per heavy atom. The standard InChI is InChI=1S/C23H19FN2O4S2/c24-7-8-27-9-10-28-17-4-1-15(2-5-17)18-12-31-22(25-18)23-26-19(13-32-23)16-3-6-20-21(11-16)30-14-29-20/h1-6,11-13H,7-10,14H2. The third-order valence-corrected chi connectivity index (χ3v) is 6.55. The van der Waals surface area contributed by atoms with E-state index in [1.165, 1.54) is 0 Å². The molecule has 0 atom stereocenters. The Morgan fingerprint density at radius 3 is 2.25 bits per heavy atom. The van der Waals surface area contributed by atoms with Crippen LogP contribution >= 0.6 is 22.7 Å². The number of ether oxygens (including phenoxy) is 4. The van der Waals surface area contributed by atoms with Gasteiger partial charge in [0.1, 0.15) is 19.0 Å². The molecule has 2 aromatic carbocycles. The summed E-state index contributed by atoms with van der Waals surface area (Å²) in [5.74, 6) is 2.24. The molecule has 0 aliphatic carbocycles. The first-order chi connectivity index (χ1) is 15.8. The van der Waals surface area contributed by atoms with Crippen molar-refractivity contribution in [3.63, 3.8) is 0 Å². The first-order valence-corrected chi connectivity index (χ1v) is 11.7. The van der Waals surface area contributed by atoms with Gasteiger partial charge in [0, 0.05) is 21.9 Å². The fraction of sp³-hybridized carbons (Fsp3) is 0.217. The fourth-order valence-electron chi connectivity index (χ4n) is 3.16. The van der Waals surface area contributed by atoms with Gasteiger partial charge in [-0.25, -0.2) is 14.4 Å². The zero-order valence-electron chi connectivity index (χ0n) is 17.0. The van der Waals surface area contributed by atoms with E-state index in [2.05, 4.69) is 0 Å². The van der Waals surface area contributed by atoms with Crippen molar-refractivity contribution in [1.82, 2.24) is 9.97 Å². The second kappa shape index (κ2) is 9.64. The van der Waals surface area contributed by atoms with Crippen LogP contribution in [0.15, 0.2) is 53.2 Å². The van der Waals surface area contributed by atoms with Gasteiger partial charge in [0.25, 0.3) is 0 Å².